The minimum Gasteiger partial charge on any atom is -0.493 e. The summed E-state index contributed by atoms with van der Waals surface area (Å²) in [5, 5.41) is 9.32. The van der Waals surface area contributed by atoms with Crippen molar-refractivity contribution in [1.29, 1.82) is 0 Å². The Morgan fingerprint density at radius 3 is 2.71 bits per heavy atom. The Balaban J connectivity index is 1.49. The van der Waals surface area contributed by atoms with Gasteiger partial charge in [0.2, 0.25) is 0 Å². The average molecular weight is 480 g/mol. The van der Waals surface area contributed by atoms with E-state index in [1.807, 2.05) is 41.8 Å². The molecule has 0 aliphatic carbocycles. The predicted octanol–water partition coefficient (Wildman–Crippen LogP) is 3.53. The fraction of sp³-hybridized carbons (Fsp3) is 0.250. The van der Waals surface area contributed by atoms with Crippen LogP contribution in [0.4, 0.5) is 0 Å². The van der Waals surface area contributed by atoms with Gasteiger partial charge in [-0.2, -0.15) is 9.78 Å². The number of carbonyl (C=O) groups is 1. The smallest absolute Gasteiger partial charge is 0.254 e. The van der Waals surface area contributed by atoms with Crippen molar-refractivity contribution in [2.45, 2.75) is 13.0 Å². The number of nitrogens with one attached hydrogen (secondary N) is 1. The third kappa shape index (κ3) is 5.08. The lowest BCUT2D eigenvalue weighted by Gasteiger charge is -2.11. The van der Waals surface area contributed by atoms with E-state index in [0.717, 1.165) is 16.1 Å². The van der Waals surface area contributed by atoms with Crippen molar-refractivity contribution in [3.63, 3.8) is 0 Å². The van der Waals surface area contributed by atoms with Crippen LogP contribution < -0.4 is 14.8 Å². The third-order valence-corrected chi connectivity index (χ3v) is 6.04. The molecule has 4 rings (SSSR count). The number of nitrogens with zero attached hydrogens (tertiary/aromatic N) is 4. The summed E-state index contributed by atoms with van der Waals surface area (Å²) in [6.07, 6.45) is 3.83. The van der Waals surface area contributed by atoms with E-state index in [4.69, 9.17) is 14.2 Å². The van der Waals surface area contributed by atoms with Gasteiger partial charge in [0.05, 0.1) is 48.9 Å². The molecule has 0 fully saturated rings. The summed E-state index contributed by atoms with van der Waals surface area (Å²) in [6.45, 7) is 0.626. The third-order valence-electron chi connectivity index (χ3n) is 5.15. The molecule has 176 valence electrons. The molecule has 0 radical (unpaired) electrons. The molecule has 0 aliphatic heterocycles. The number of amides is 1. The van der Waals surface area contributed by atoms with Crippen LogP contribution in [0.25, 0.3) is 16.5 Å². The van der Waals surface area contributed by atoms with E-state index in [0.29, 0.717) is 41.7 Å². The number of hydrogen-bond donors (Lipinski definition) is 1. The predicted molar refractivity (Wildman–Crippen MR) is 129 cm³/mol. The van der Waals surface area contributed by atoms with E-state index in [1.54, 1.807) is 43.5 Å². The molecule has 0 aliphatic rings. The molecule has 0 saturated carbocycles. The van der Waals surface area contributed by atoms with E-state index in [9.17, 15) is 4.79 Å². The largest absolute Gasteiger partial charge is 0.493 e. The molecule has 0 unspecified atom stereocenters. The Labute approximate surface area is 201 Å². The van der Waals surface area contributed by atoms with Crippen molar-refractivity contribution in [3.8, 4) is 28.0 Å². The normalized spacial score (nSPS) is 10.8. The highest BCUT2D eigenvalue weighted by molar-refractivity contribution is 7.13. The van der Waals surface area contributed by atoms with Crippen LogP contribution in [0.3, 0.4) is 0 Å². The molecule has 1 N–H and O–H groups in total. The van der Waals surface area contributed by atoms with Crippen LogP contribution in [-0.4, -0.2) is 53.5 Å². The van der Waals surface area contributed by atoms with Crippen LogP contribution in [0.1, 0.15) is 21.6 Å². The molecule has 0 spiro atoms. The number of rotatable bonds is 10. The van der Waals surface area contributed by atoms with Crippen LogP contribution in [0, 0.1) is 0 Å². The Morgan fingerprint density at radius 1 is 1.12 bits per heavy atom. The lowest BCUT2D eigenvalue weighted by molar-refractivity contribution is 0.0948. The maximum Gasteiger partial charge on any atom is 0.254 e. The molecule has 0 bridgehead atoms. The van der Waals surface area contributed by atoms with Crippen LogP contribution in [0.2, 0.25) is 0 Å². The number of ether oxygens (including phenoxy) is 3. The van der Waals surface area contributed by atoms with E-state index in [1.165, 1.54) is 6.20 Å². The molecule has 3 aromatic heterocycles. The molecular weight excluding hydrogens is 454 g/mol. The van der Waals surface area contributed by atoms with Crippen molar-refractivity contribution in [2.24, 2.45) is 0 Å². The minimum atomic E-state index is -0.242. The zero-order valence-corrected chi connectivity index (χ0v) is 20.0. The zero-order chi connectivity index (χ0) is 23.9. The first-order valence-electron chi connectivity index (χ1n) is 10.6. The van der Waals surface area contributed by atoms with Crippen LogP contribution in [0.15, 0.2) is 54.2 Å². The number of hydrogen-bond acceptors (Lipinski definition) is 8. The molecular formula is C24H25N5O4S. The highest BCUT2D eigenvalue weighted by atomic mass is 32.1. The van der Waals surface area contributed by atoms with E-state index in [-0.39, 0.29) is 12.5 Å². The molecule has 1 aromatic carbocycles. The van der Waals surface area contributed by atoms with Crippen molar-refractivity contribution >= 4 is 17.2 Å². The Kier molecular flexibility index (Phi) is 7.51. The van der Waals surface area contributed by atoms with Gasteiger partial charge in [-0.1, -0.05) is 12.1 Å². The van der Waals surface area contributed by atoms with Crippen molar-refractivity contribution in [3.05, 3.63) is 71.0 Å². The highest BCUT2D eigenvalue weighted by Crippen LogP contribution is 2.27. The fourth-order valence-electron chi connectivity index (χ4n) is 3.48. The lowest BCUT2D eigenvalue weighted by atomic mass is 10.1. The van der Waals surface area contributed by atoms with Gasteiger partial charge in [-0.15, -0.1) is 11.3 Å². The van der Waals surface area contributed by atoms with Gasteiger partial charge < -0.3 is 19.5 Å². The first-order valence-corrected chi connectivity index (χ1v) is 11.4. The molecule has 4 aromatic rings. The summed E-state index contributed by atoms with van der Waals surface area (Å²) in [7, 11) is 4.76. The first kappa shape index (κ1) is 23.4. The van der Waals surface area contributed by atoms with Crippen molar-refractivity contribution in [1.82, 2.24) is 25.1 Å². The summed E-state index contributed by atoms with van der Waals surface area (Å²) >= 11 is 1.59. The van der Waals surface area contributed by atoms with Gasteiger partial charge in [0.1, 0.15) is 0 Å². The Hall–Kier alpha value is -3.76. The second-order valence-corrected chi connectivity index (χ2v) is 8.21. The molecule has 9 nitrogen and oxygen atoms in total. The van der Waals surface area contributed by atoms with E-state index < -0.39 is 0 Å². The van der Waals surface area contributed by atoms with E-state index >= 15 is 0 Å². The summed E-state index contributed by atoms with van der Waals surface area (Å²) < 4.78 is 17.5. The summed E-state index contributed by atoms with van der Waals surface area (Å²) in [5.74, 6) is 1.45. The van der Waals surface area contributed by atoms with Gasteiger partial charge in [0.15, 0.2) is 11.5 Å². The molecule has 0 atom stereocenters. The SMILES string of the molecule is COCc1c(C(=O)NCCc2ccc(OC)c(OC)c2)cnn1-c1nccc(-c2cccs2)n1. The zero-order valence-electron chi connectivity index (χ0n) is 19.1. The van der Waals surface area contributed by atoms with E-state index in [2.05, 4.69) is 20.4 Å². The van der Waals surface area contributed by atoms with Gasteiger partial charge in [-0.3, -0.25) is 4.79 Å². The van der Waals surface area contributed by atoms with Gasteiger partial charge in [0.25, 0.3) is 11.9 Å². The van der Waals surface area contributed by atoms with Gasteiger partial charge >= 0.3 is 0 Å². The molecule has 1 amide bonds. The van der Waals surface area contributed by atoms with Gasteiger partial charge in [-0.05, 0) is 41.6 Å². The second-order valence-electron chi connectivity index (χ2n) is 7.26. The van der Waals surface area contributed by atoms with Gasteiger partial charge in [-0.25, -0.2) is 9.97 Å². The van der Waals surface area contributed by atoms with Crippen LogP contribution >= 0.6 is 11.3 Å². The molecule has 10 heteroatoms. The summed E-state index contributed by atoms with van der Waals surface area (Å²) in [6, 6.07) is 11.5. The van der Waals surface area contributed by atoms with Gasteiger partial charge in [0, 0.05) is 19.9 Å². The number of thiophene rings is 1. The topological polar surface area (TPSA) is 100 Å². The molecule has 3 heterocycles. The monoisotopic (exact) mass is 479 g/mol. The second kappa shape index (κ2) is 10.9. The standard InChI is InChI=1S/C24H25N5O4S/c1-31-15-19-17(23(30)25-10-8-16-6-7-20(32-2)21(13-16)33-3)14-27-29(19)24-26-11-9-18(28-24)22-5-4-12-34-22/h4-7,9,11-14H,8,10,15H2,1-3H3,(H,25,30). The maximum absolute atomic E-state index is 12.9. The Morgan fingerprint density at radius 2 is 1.97 bits per heavy atom. The van der Waals surface area contributed by atoms with Crippen molar-refractivity contribution in [2.75, 3.05) is 27.9 Å². The lowest BCUT2D eigenvalue weighted by Crippen LogP contribution is -2.26. The number of methoxy groups -OCH3 is 3. The average Bonchev–Trinajstić information content (AvgIpc) is 3.55. The maximum atomic E-state index is 12.9. The number of carbonyl (C=O) groups excluding carboxylic acids is 1. The number of benzene rings is 1. The van der Waals surface area contributed by atoms with Crippen LogP contribution in [-0.2, 0) is 17.8 Å². The first-order chi connectivity index (χ1) is 16.6. The minimum absolute atomic E-state index is 0.186. The summed E-state index contributed by atoms with van der Waals surface area (Å²) in [5.41, 5.74) is 2.80. The highest BCUT2D eigenvalue weighted by Gasteiger charge is 2.20. The molecule has 0 saturated heterocycles. The quantitative estimate of drug-likeness (QED) is 0.371. The Bertz CT molecular complexity index is 1260. The van der Waals surface area contributed by atoms with Crippen LogP contribution in [0.5, 0.6) is 11.5 Å². The summed E-state index contributed by atoms with van der Waals surface area (Å²) in [4.78, 5) is 22.9. The van der Waals surface area contributed by atoms with Crippen molar-refractivity contribution < 1.29 is 19.0 Å². The molecule has 34 heavy (non-hydrogen) atoms. The number of aromatic nitrogens is 4. The fourth-order valence-corrected chi connectivity index (χ4v) is 4.17.